The molecule has 100 valence electrons. The summed E-state index contributed by atoms with van der Waals surface area (Å²) in [6.45, 7) is 1.86. The molecule has 0 bridgehead atoms. The van der Waals surface area contributed by atoms with Gasteiger partial charge in [-0.2, -0.15) is 0 Å². The molecule has 0 saturated carbocycles. The first-order chi connectivity index (χ1) is 8.88. The van der Waals surface area contributed by atoms with Crippen LogP contribution < -0.4 is 4.72 Å². The highest BCUT2D eigenvalue weighted by molar-refractivity contribution is 14.1. The van der Waals surface area contributed by atoms with Crippen LogP contribution in [0.1, 0.15) is 5.56 Å². The largest absolute Gasteiger partial charge is 0.280 e. The molecule has 0 fully saturated rings. The summed E-state index contributed by atoms with van der Waals surface area (Å²) >= 11 is 5.50. The minimum Gasteiger partial charge on any atom is -0.280 e. The Morgan fingerprint density at radius 3 is 2.53 bits per heavy atom. The number of rotatable bonds is 3. The third-order valence-electron chi connectivity index (χ3n) is 2.52. The lowest BCUT2D eigenvalue weighted by molar-refractivity contribution is 0.601. The van der Waals surface area contributed by atoms with Crippen LogP contribution in [0.5, 0.6) is 0 Å². The molecule has 0 heterocycles. The molecule has 2 aromatic carbocycles. The molecule has 6 heteroatoms. The van der Waals surface area contributed by atoms with Gasteiger partial charge in [0.05, 0.1) is 4.90 Å². The van der Waals surface area contributed by atoms with Crippen molar-refractivity contribution in [1.29, 1.82) is 0 Å². The number of sulfonamides is 1. The van der Waals surface area contributed by atoms with Crippen LogP contribution in [0.3, 0.4) is 0 Å². The number of nitrogens with one attached hydrogen (secondary N) is 1. The summed E-state index contributed by atoms with van der Waals surface area (Å²) < 4.78 is 28.9. The Morgan fingerprint density at radius 1 is 1.16 bits per heavy atom. The van der Waals surface area contributed by atoms with Gasteiger partial charge in [-0.25, -0.2) is 8.42 Å². The number of anilines is 1. The van der Waals surface area contributed by atoms with Crippen molar-refractivity contribution in [3.05, 3.63) is 56.1 Å². The zero-order valence-electron chi connectivity index (χ0n) is 10.0. The molecule has 0 amide bonds. The van der Waals surface area contributed by atoms with E-state index >= 15 is 0 Å². The van der Waals surface area contributed by atoms with Gasteiger partial charge < -0.3 is 0 Å². The highest BCUT2D eigenvalue weighted by Crippen LogP contribution is 2.22. The predicted molar refractivity (Wildman–Crippen MR) is 88.8 cm³/mol. The Morgan fingerprint density at radius 2 is 1.89 bits per heavy atom. The third-order valence-corrected chi connectivity index (χ3v) is 5.46. The maximum atomic E-state index is 12.2. The van der Waals surface area contributed by atoms with Gasteiger partial charge in [0.1, 0.15) is 0 Å². The first kappa shape index (κ1) is 14.8. The van der Waals surface area contributed by atoms with Crippen LogP contribution in [0.25, 0.3) is 0 Å². The molecule has 2 aromatic rings. The average molecular weight is 452 g/mol. The summed E-state index contributed by atoms with van der Waals surface area (Å²) in [4.78, 5) is 0.257. The van der Waals surface area contributed by atoms with Crippen molar-refractivity contribution in [2.24, 2.45) is 0 Å². The summed E-state index contributed by atoms with van der Waals surface area (Å²) in [6.07, 6.45) is 0. The van der Waals surface area contributed by atoms with Crippen molar-refractivity contribution in [3.8, 4) is 0 Å². The van der Waals surface area contributed by atoms with Crippen LogP contribution in [-0.4, -0.2) is 8.42 Å². The number of aryl methyl sites for hydroxylation is 1. The normalized spacial score (nSPS) is 11.3. The van der Waals surface area contributed by atoms with Gasteiger partial charge in [-0.15, -0.1) is 0 Å². The Balaban J connectivity index is 2.35. The maximum absolute atomic E-state index is 12.2. The lowest BCUT2D eigenvalue weighted by Crippen LogP contribution is -2.13. The van der Waals surface area contributed by atoms with Crippen molar-refractivity contribution in [2.45, 2.75) is 11.8 Å². The van der Waals surface area contributed by atoms with E-state index in [1.807, 2.05) is 19.1 Å². The maximum Gasteiger partial charge on any atom is 0.261 e. The second-order valence-corrected chi connectivity index (χ2v) is 7.81. The second-order valence-electron chi connectivity index (χ2n) is 4.03. The molecule has 0 radical (unpaired) electrons. The molecular weight excluding hydrogens is 441 g/mol. The van der Waals surface area contributed by atoms with Crippen molar-refractivity contribution in [2.75, 3.05) is 4.72 Å². The Hall–Kier alpha value is -0.600. The topological polar surface area (TPSA) is 46.2 Å². The van der Waals surface area contributed by atoms with E-state index in [1.165, 1.54) is 0 Å². The fourth-order valence-corrected chi connectivity index (χ4v) is 3.47. The predicted octanol–water partition coefficient (Wildman–Crippen LogP) is 4.16. The minimum absolute atomic E-state index is 0.257. The van der Waals surface area contributed by atoms with E-state index in [-0.39, 0.29) is 4.90 Å². The average Bonchev–Trinajstić information content (AvgIpc) is 2.32. The molecule has 0 spiro atoms. The summed E-state index contributed by atoms with van der Waals surface area (Å²) in [7, 11) is -3.54. The van der Waals surface area contributed by atoms with Crippen molar-refractivity contribution in [1.82, 2.24) is 0 Å². The van der Waals surface area contributed by atoms with Gasteiger partial charge in [-0.3, -0.25) is 4.72 Å². The number of halogens is 2. The van der Waals surface area contributed by atoms with Gasteiger partial charge in [0.2, 0.25) is 0 Å². The molecule has 1 N–H and O–H groups in total. The molecule has 0 aliphatic carbocycles. The smallest absolute Gasteiger partial charge is 0.261 e. The summed E-state index contributed by atoms with van der Waals surface area (Å²) in [5, 5.41) is 0. The first-order valence-electron chi connectivity index (χ1n) is 5.43. The Kier molecular flexibility index (Phi) is 4.52. The van der Waals surface area contributed by atoms with Crippen LogP contribution in [0.15, 0.2) is 51.8 Å². The van der Waals surface area contributed by atoms with Crippen LogP contribution in [0, 0.1) is 10.5 Å². The molecule has 0 saturated heterocycles. The van der Waals surface area contributed by atoms with E-state index in [0.717, 1.165) is 13.6 Å². The molecule has 2 rings (SSSR count). The van der Waals surface area contributed by atoms with Gasteiger partial charge in [0.15, 0.2) is 0 Å². The molecule has 0 unspecified atom stereocenters. The second kappa shape index (κ2) is 5.80. The molecule has 0 atom stereocenters. The van der Waals surface area contributed by atoms with Gasteiger partial charge in [0.25, 0.3) is 10.0 Å². The summed E-state index contributed by atoms with van der Waals surface area (Å²) in [6, 6.07) is 12.2. The monoisotopic (exact) mass is 451 g/mol. The molecule has 0 aliphatic heterocycles. The van der Waals surface area contributed by atoms with Crippen LogP contribution >= 0.6 is 38.5 Å². The molecule has 19 heavy (non-hydrogen) atoms. The number of benzene rings is 2. The van der Waals surface area contributed by atoms with Gasteiger partial charge in [0, 0.05) is 13.7 Å². The highest BCUT2D eigenvalue weighted by Gasteiger charge is 2.15. The molecular formula is C13H11BrINO2S. The van der Waals surface area contributed by atoms with Crippen molar-refractivity contribution < 1.29 is 8.42 Å². The number of hydrogen-bond donors (Lipinski definition) is 1. The van der Waals surface area contributed by atoms with Gasteiger partial charge in [-0.1, -0.05) is 22.0 Å². The van der Waals surface area contributed by atoms with Gasteiger partial charge in [-0.05, 0) is 71.5 Å². The Labute approximate surface area is 134 Å². The highest BCUT2D eigenvalue weighted by atomic mass is 127. The van der Waals surface area contributed by atoms with E-state index in [4.69, 9.17) is 0 Å². The molecule has 3 nitrogen and oxygen atoms in total. The van der Waals surface area contributed by atoms with E-state index in [9.17, 15) is 8.42 Å². The van der Waals surface area contributed by atoms with Crippen LogP contribution in [-0.2, 0) is 10.0 Å². The van der Waals surface area contributed by atoms with Crippen LogP contribution in [0.2, 0.25) is 0 Å². The van der Waals surface area contributed by atoms with Gasteiger partial charge >= 0.3 is 0 Å². The summed E-state index contributed by atoms with van der Waals surface area (Å²) in [5.74, 6) is 0. The van der Waals surface area contributed by atoms with Crippen molar-refractivity contribution >= 4 is 54.2 Å². The molecule has 0 aliphatic rings. The van der Waals surface area contributed by atoms with E-state index in [1.54, 1.807) is 30.3 Å². The fourth-order valence-electron chi connectivity index (χ4n) is 1.55. The lowest BCUT2D eigenvalue weighted by Gasteiger charge is -2.09. The zero-order chi connectivity index (χ0) is 14.0. The van der Waals surface area contributed by atoms with E-state index in [2.05, 4.69) is 43.2 Å². The third kappa shape index (κ3) is 3.70. The zero-order valence-corrected chi connectivity index (χ0v) is 14.6. The van der Waals surface area contributed by atoms with Crippen LogP contribution in [0.4, 0.5) is 5.69 Å². The SMILES string of the molecule is Cc1cc(S(=O)(=O)Nc2cccc(I)c2)ccc1Br. The minimum atomic E-state index is -3.54. The molecule has 0 aromatic heterocycles. The fraction of sp³-hybridized carbons (Fsp3) is 0.0769. The summed E-state index contributed by atoms with van der Waals surface area (Å²) in [5.41, 5.74) is 1.44. The lowest BCUT2D eigenvalue weighted by atomic mass is 10.2. The van der Waals surface area contributed by atoms with Crippen molar-refractivity contribution in [3.63, 3.8) is 0 Å². The standard InChI is InChI=1S/C13H11BrINO2S/c1-9-7-12(5-6-13(9)14)19(17,18)16-11-4-2-3-10(15)8-11/h2-8,16H,1H3. The quantitative estimate of drug-likeness (QED) is 0.712. The number of hydrogen-bond acceptors (Lipinski definition) is 2. The first-order valence-corrected chi connectivity index (χ1v) is 8.78. The van der Waals surface area contributed by atoms with E-state index < -0.39 is 10.0 Å². The Bertz CT molecular complexity index is 716. The van der Waals surface area contributed by atoms with E-state index in [0.29, 0.717) is 5.69 Å².